The molecule has 3 rings (SSSR count). The average Bonchev–Trinajstić information content (AvgIpc) is 2.75. The summed E-state index contributed by atoms with van der Waals surface area (Å²) in [6, 6.07) is 7.82. The van der Waals surface area contributed by atoms with Crippen LogP contribution < -0.4 is 24.8 Å². The number of halogens is 1. The maximum atomic E-state index is 12.3. The van der Waals surface area contributed by atoms with Crippen LogP contribution in [0.15, 0.2) is 36.4 Å². The highest BCUT2D eigenvalue weighted by Crippen LogP contribution is 2.31. The van der Waals surface area contributed by atoms with Crippen LogP contribution in [0.5, 0.6) is 17.2 Å². The highest BCUT2D eigenvalue weighted by molar-refractivity contribution is 6.32. The van der Waals surface area contributed by atoms with Crippen LogP contribution in [-0.4, -0.2) is 44.2 Å². The lowest BCUT2D eigenvalue weighted by Gasteiger charge is -2.18. The Kier molecular flexibility index (Phi) is 6.93. The molecular weight excluding hydrogens is 432 g/mol. The molecule has 0 saturated heterocycles. The summed E-state index contributed by atoms with van der Waals surface area (Å²) in [5, 5.41) is 4.63. The van der Waals surface area contributed by atoms with Gasteiger partial charge in [0.05, 0.1) is 12.1 Å². The standard InChI is InChI=1S/C20H17ClN2O8/c1-28-17(24)10-18(25)31-14-5-3-12(9-13(14)21)22-20(27)23-19(26)11-2-4-15-16(8-11)30-7-6-29-15/h2-5,8-9H,6-7,10H2,1H3,(H2,22,23,26,27). The molecule has 0 aromatic heterocycles. The second-order valence-electron chi connectivity index (χ2n) is 6.14. The summed E-state index contributed by atoms with van der Waals surface area (Å²) in [5.74, 6) is -1.31. The van der Waals surface area contributed by atoms with Crippen LogP contribution in [0, 0.1) is 0 Å². The van der Waals surface area contributed by atoms with E-state index in [9.17, 15) is 19.2 Å². The Morgan fingerprint density at radius 3 is 2.45 bits per heavy atom. The Morgan fingerprint density at radius 1 is 1.00 bits per heavy atom. The minimum absolute atomic E-state index is 0.00566. The number of carbonyl (C=O) groups excluding carboxylic acids is 4. The molecule has 0 radical (unpaired) electrons. The zero-order valence-electron chi connectivity index (χ0n) is 16.2. The van der Waals surface area contributed by atoms with Gasteiger partial charge in [0.25, 0.3) is 5.91 Å². The number of anilines is 1. The van der Waals surface area contributed by atoms with Crippen molar-refractivity contribution in [1.82, 2.24) is 5.32 Å². The van der Waals surface area contributed by atoms with Crippen molar-refractivity contribution >= 4 is 41.2 Å². The van der Waals surface area contributed by atoms with Gasteiger partial charge in [0, 0.05) is 11.3 Å². The van der Waals surface area contributed by atoms with E-state index in [0.717, 1.165) is 7.11 Å². The van der Waals surface area contributed by atoms with Crippen LogP contribution in [0.3, 0.4) is 0 Å². The quantitative estimate of drug-likeness (QED) is 0.405. The van der Waals surface area contributed by atoms with Crippen LogP contribution in [0.2, 0.25) is 5.02 Å². The number of imide groups is 1. The van der Waals surface area contributed by atoms with E-state index in [0.29, 0.717) is 24.7 Å². The molecule has 162 valence electrons. The van der Waals surface area contributed by atoms with Crippen LogP contribution in [-0.2, 0) is 14.3 Å². The zero-order chi connectivity index (χ0) is 22.4. The summed E-state index contributed by atoms with van der Waals surface area (Å²) < 4.78 is 20.1. The predicted octanol–water partition coefficient (Wildman–Crippen LogP) is 2.54. The minimum Gasteiger partial charge on any atom is -0.486 e. The molecule has 0 bridgehead atoms. The monoisotopic (exact) mass is 448 g/mol. The molecule has 3 amide bonds. The van der Waals surface area contributed by atoms with E-state index >= 15 is 0 Å². The number of urea groups is 1. The number of ether oxygens (including phenoxy) is 4. The SMILES string of the molecule is COC(=O)CC(=O)Oc1ccc(NC(=O)NC(=O)c2ccc3c(c2)OCCO3)cc1Cl. The van der Waals surface area contributed by atoms with Gasteiger partial charge in [-0.05, 0) is 36.4 Å². The fraction of sp³-hybridized carbons (Fsp3) is 0.200. The van der Waals surface area contributed by atoms with Gasteiger partial charge in [-0.15, -0.1) is 0 Å². The van der Waals surface area contributed by atoms with E-state index < -0.39 is 30.3 Å². The Labute approximate surface area is 181 Å². The molecule has 2 N–H and O–H groups in total. The lowest BCUT2D eigenvalue weighted by molar-refractivity contribution is -0.148. The Bertz CT molecular complexity index is 1040. The van der Waals surface area contributed by atoms with Crippen LogP contribution in [0.1, 0.15) is 16.8 Å². The van der Waals surface area contributed by atoms with Gasteiger partial charge in [-0.25, -0.2) is 4.79 Å². The molecule has 0 spiro atoms. The number of carbonyl (C=O) groups is 4. The molecule has 1 heterocycles. The van der Waals surface area contributed by atoms with Crippen LogP contribution in [0.25, 0.3) is 0 Å². The maximum Gasteiger partial charge on any atom is 0.326 e. The molecule has 0 saturated carbocycles. The second kappa shape index (κ2) is 9.81. The maximum absolute atomic E-state index is 12.3. The van der Waals surface area contributed by atoms with Gasteiger partial charge in [0.15, 0.2) is 11.5 Å². The number of hydrogen-bond acceptors (Lipinski definition) is 8. The largest absolute Gasteiger partial charge is 0.486 e. The second-order valence-corrected chi connectivity index (χ2v) is 6.55. The molecule has 31 heavy (non-hydrogen) atoms. The summed E-state index contributed by atoms with van der Waals surface area (Å²) in [7, 11) is 1.15. The van der Waals surface area contributed by atoms with Crippen molar-refractivity contribution in [3.63, 3.8) is 0 Å². The summed E-state index contributed by atoms with van der Waals surface area (Å²) in [6.07, 6.45) is -0.572. The molecule has 2 aromatic rings. The molecule has 1 aliphatic rings. The fourth-order valence-corrected chi connectivity index (χ4v) is 2.75. The molecule has 10 nitrogen and oxygen atoms in total. The Balaban J connectivity index is 1.57. The molecule has 0 aliphatic carbocycles. The number of methoxy groups -OCH3 is 1. The lowest BCUT2D eigenvalue weighted by atomic mass is 10.2. The predicted molar refractivity (Wildman–Crippen MR) is 108 cm³/mol. The third-order valence-electron chi connectivity index (χ3n) is 3.96. The molecule has 0 fully saturated rings. The molecule has 2 aromatic carbocycles. The van der Waals surface area contributed by atoms with E-state index in [1.165, 1.54) is 30.3 Å². The van der Waals surface area contributed by atoms with Gasteiger partial charge in [-0.3, -0.25) is 19.7 Å². The number of fused-ring (bicyclic) bond motifs is 1. The smallest absolute Gasteiger partial charge is 0.326 e. The van der Waals surface area contributed by atoms with Crippen LogP contribution in [0.4, 0.5) is 10.5 Å². The average molecular weight is 449 g/mol. The number of nitrogens with one attached hydrogen (secondary N) is 2. The van der Waals surface area contributed by atoms with Gasteiger partial charge >= 0.3 is 18.0 Å². The van der Waals surface area contributed by atoms with Gasteiger partial charge in [0.2, 0.25) is 0 Å². The number of esters is 2. The number of amides is 3. The lowest BCUT2D eigenvalue weighted by Crippen LogP contribution is -2.34. The molecular formula is C20H17ClN2O8. The van der Waals surface area contributed by atoms with Gasteiger partial charge < -0.3 is 24.3 Å². The van der Waals surface area contributed by atoms with Crippen molar-refractivity contribution in [3.05, 3.63) is 47.0 Å². The normalized spacial score (nSPS) is 11.8. The van der Waals surface area contributed by atoms with Crippen molar-refractivity contribution in [3.8, 4) is 17.2 Å². The highest BCUT2D eigenvalue weighted by atomic mass is 35.5. The van der Waals surface area contributed by atoms with Crippen molar-refractivity contribution < 1.29 is 38.1 Å². The summed E-state index contributed by atoms with van der Waals surface area (Å²) in [6.45, 7) is 0.792. The topological polar surface area (TPSA) is 129 Å². The van der Waals surface area contributed by atoms with Crippen molar-refractivity contribution in [2.75, 3.05) is 25.6 Å². The molecule has 1 aliphatic heterocycles. The summed E-state index contributed by atoms with van der Waals surface area (Å²) in [5.41, 5.74) is 0.454. The minimum atomic E-state index is -0.850. The Morgan fingerprint density at radius 2 is 1.74 bits per heavy atom. The zero-order valence-corrected chi connectivity index (χ0v) is 17.0. The van der Waals surface area contributed by atoms with Crippen molar-refractivity contribution in [1.29, 1.82) is 0 Å². The molecule has 0 atom stereocenters. The van der Waals surface area contributed by atoms with E-state index in [4.69, 9.17) is 25.8 Å². The van der Waals surface area contributed by atoms with Crippen LogP contribution >= 0.6 is 11.6 Å². The summed E-state index contributed by atoms with van der Waals surface area (Å²) >= 11 is 6.04. The van der Waals surface area contributed by atoms with E-state index in [1.54, 1.807) is 6.07 Å². The van der Waals surface area contributed by atoms with E-state index in [-0.39, 0.29) is 22.0 Å². The fourth-order valence-electron chi connectivity index (χ4n) is 2.53. The van der Waals surface area contributed by atoms with E-state index in [1.807, 2.05) is 0 Å². The Hall–Kier alpha value is -3.79. The first kappa shape index (κ1) is 21.9. The number of hydrogen-bond donors (Lipinski definition) is 2. The number of rotatable bonds is 5. The first-order chi connectivity index (χ1) is 14.9. The molecule has 0 unspecified atom stereocenters. The summed E-state index contributed by atoms with van der Waals surface area (Å²) in [4.78, 5) is 47.1. The van der Waals surface area contributed by atoms with Gasteiger partial charge in [-0.2, -0.15) is 0 Å². The van der Waals surface area contributed by atoms with Crippen molar-refractivity contribution in [2.24, 2.45) is 0 Å². The first-order valence-corrected chi connectivity index (χ1v) is 9.32. The highest BCUT2D eigenvalue weighted by Gasteiger charge is 2.17. The third-order valence-corrected chi connectivity index (χ3v) is 4.26. The van der Waals surface area contributed by atoms with Crippen molar-refractivity contribution in [2.45, 2.75) is 6.42 Å². The third kappa shape index (κ3) is 5.86. The first-order valence-electron chi connectivity index (χ1n) is 8.94. The number of benzene rings is 2. The van der Waals surface area contributed by atoms with Gasteiger partial charge in [-0.1, -0.05) is 11.6 Å². The van der Waals surface area contributed by atoms with Gasteiger partial charge in [0.1, 0.15) is 25.4 Å². The molecule has 11 heteroatoms. The van der Waals surface area contributed by atoms with E-state index in [2.05, 4.69) is 15.4 Å².